The molecule has 2 rings (SSSR count). The van der Waals surface area contributed by atoms with Gasteiger partial charge in [0.25, 0.3) is 0 Å². The molecule has 2 aromatic carbocycles. The van der Waals surface area contributed by atoms with Gasteiger partial charge in [-0.2, -0.15) is 0 Å². The van der Waals surface area contributed by atoms with Crippen LogP contribution in [0.2, 0.25) is 0 Å². The number of benzene rings is 2. The van der Waals surface area contributed by atoms with E-state index in [1.807, 2.05) is 30.3 Å². The normalized spacial score (nSPS) is 12.1. The average Bonchev–Trinajstić information content (AvgIpc) is 2.49. The van der Waals surface area contributed by atoms with Crippen molar-refractivity contribution in [3.05, 3.63) is 70.8 Å². The highest BCUT2D eigenvalue weighted by Gasteiger charge is 2.10. The second-order valence-corrected chi connectivity index (χ2v) is 5.70. The molecule has 0 fully saturated rings. The predicted octanol–water partition coefficient (Wildman–Crippen LogP) is 3.90. The Labute approximate surface area is 127 Å². The molecule has 2 heteroatoms. The molecule has 1 atom stereocenters. The molecule has 0 aliphatic heterocycles. The van der Waals surface area contributed by atoms with E-state index in [-0.39, 0.29) is 11.8 Å². The maximum absolute atomic E-state index is 12.2. The third-order valence-corrected chi connectivity index (χ3v) is 3.85. The van der Waals surface area contributed by atoms with Crippen molar-refractivity contribution < 1.29 is 4.79 Å². The molecule has 0 spiro atoms. The molecule has 0 saturated carbocycles. The van der Waals surface area contributed by atoms with Gasteiger partial charge in [0.2, 0.25) is 0 Å². The van der Waals surface area contributed by atoms with Crippen LogP contribution >= 0.6 is 0 Å². The highest BCUT2D eigenvalue weighted by atomic mass is 16.1. The number of nitrogens with two attached hydrogens (primary N) is 1. The summed E-state index contributed by atoms with van der Waals surface area (Å²) >= 11 is 0. The minimum Gasteiger partial charge on any atom is -0.324 e. The van der Waals surface area contributed by atoms with Crippen LogP contribution in [0.3, 0.4) is 0 Å². The number of Topliss-reactive ketones (excluding diaryl/α,β-unsaturated/α-hetero) is 1. The highest BCUT2D eigenvalue weighted by molar-refractivity contribution is 5.81. The molecule has 0 aliphatic rings. The van der Waals surface area contributed by atoms with Gasteiger partial charge in [-0.25, -0.2) is 0 Å². The molecule has 1 unspecified atom stereocenters. The van der Waals surface area contributed by atoms with Crippen LogP contribution in [-0.2, 0) is 11.2 Å². The highest BCUT2D eigenvalue weighted by Crippen LogP contribution is 2.17. The Balaban J connectivity index is 1.89. The van der Waals surface area contributed by atoms with Gasteiger partial charge in [0.1, 0.15) is 5.78 Å². The first-order chi connectivity index (χ1) is 10.1. The summed E-state index contributed by atoms with van der Waals surface area (Å²) in [6, 6.07) is 16.2. The Hall–Kier alpha value is -1.93. The summed E-state index contributed by atoms with van der Waals surface area (Å²) in [4.78, 5) is 12.2. The van der Waals surface area contributed by atoms with E-state index in [2.05, 4.69) is 32.0 Å². The van der Waals surface area contributed by atoms with Gasteiger partial charge in [-0.3, -0.25) is 4.79 Å². The number of carbonyl (C=O) groups excluding carboxylic acids is 1. The number of ketones is 1. The summed E-state index contributed by atoms with van der Waals surface area (Å²) in [6.45, 7) is 4.11. The molecule has 2 nitrogen and oxygen atoms in total. The Morgan fingerprint density at radius 2 is 1.81 bits per heavy atom. The molecule has 0 saturated heterocycles. The van der Waals surface area contributed by atoms with Gasteiger partial charge in [-0.15, -0.1) is 0 Å². The smallest absolute Gasteiger partial charge is 0.137 e. The lowest BCUT2D eigenvalue weighted by Crippen LogP contribution is -2.13. The summed E-state index contributed by atoms with van der Waals surface area (Å²) in [6.07, 6.45) is 1.74. The van der Waals surface area contributed by atoms with Crippen LogP contribution in [0.15, 0.2) is 48.5 Å². The van der Waals surface area contributed by atoms with E-state index in [1.54, 1.807) is 0 Å². The third kappa shape index (κ3) is 4.54. The fourth-order valence-corrected chi connectivity index (χ4v) is 2.47. The lowest BCUT2D eigenvalue weighted by atomic mass is 9.96. The zero-order chi connectivity index (χ0) is 15.2. The van der Waals surface area contributed by atoms with Crippen molar-refractivity contribution in [1.82, 2.24) is 0 Å². The van der Waals surface area contributed by atoms with Crippen molar-refractivity contribution in [1.29, 1.82) is 0 Å². The Bertz CT molecular complexity index is 604. The monoisotopic (exact) mass is 281 g/mol. The van der Waals surface area contributed by atoms with Crippen LogP contribution in [-0.4, -0.2) is 5.78 Å². The zero-order valence-electron chi connectivity index (χ0n) is 12.8. The van der Waals surface area contributed by atoms with Gasteiger partial charge in [0, 0.05) is 18.9 Å². The largest absolute Gasteiger partial charge is 0.324 e. The van der Waals surface area contributed by atoms with Crippen LogP contribution in [0.1, 0.15) is 41.1 Å². The lowest BCUT2D eigenvalue weighted by Gasteiger charge is -2.12. The molecule has 0 radical (unpaired) electrons. The minimum atomic E-state index is -0.0613. The van der Waals surface area contributed by atoms with Crippen molar-refractivity contribution >= 4 is 5.78 Å². The van der Waals surface area contributed by atoms with E-state index in [4.69, 9.17) is 5.73 Å². The molecule has 0 aliphatic carbocycles. The van der Waals surface area contributed by atoms with Crippen LogP contribution in [0, 0.1) is 13.8 Å². The van der Waals surface area contributed by atoms with Gasteiger partial charge >= 0.3 is 0 Å². The Morgan fingerprint density at radius 3 is 2.52 bits per heavy atom. The van der Waals surface area contributed by atoms with Crippen LogP contribution in [0.25, 0.3) is 0 Å². The van der Waals surface area contributed by atoms with E-state index in [1.165, 1.54) is 11.1 Å². The molecule has 0 amide bonds. The number of carbonyl (C=O) groups is 1. The van der Waals surface area contributed by atoms with Crippen molar-refractivity contribution in [3.63, 3.8) is 0 Å². The Kier molecular flexibility index (Phi) is 5.29. The van der Waals surface area contributed by atoms with Gasteiger partial charge < -0.3 is 5.73 Å². The van der Waals surface area contributed by atoms with Crippen LogP contribution < -0.4 is 5.73 Å². The second kappa shape index (κ2) is 7.19. The molecular weight excluding hydrogens is 258 g/mol. The SMILES string of the molecule is Cc1ccc(C)c(CC(=O)CCC(N)c2ccccc2)c1. The summed E-state index contributed by atoms with van der Waals surface area (Å²) in [7, 11) is 0. The molecule has 0 bridgehead atoms. The first-order valence-corrected chi connectivity index (χ1v) is 7.44. The molecular formula is C19H23NO. The number of hydrogen-bond acceptors (Lipinski definition) is 2. The van der Waals surface area contributed by atoms with Crippen molar-refractivity contribution in [2.75, 3.05) is 0 Å². The van der Waals surface area contributed by atoms with E-state index >= 15 is 0 Å². The number of hydrogen-bond donors (Lipinski definition) is 1. The van der Waals surface area contributed by atoms with E-state index in [0.717, 1.165) is 11.1 Å². The van der Waals surface area contributed by atoms with E-state index in [9.17, 15) is 4.79 Å². The Morgan fingerprint density at radius 1 is 1.10 bits per heavy atom. The quantitative estimate of drug-likeness (QED) is 0.872. The van der Waals surface area contributed by atoms with Crippen molar-refractivity contribution in [3.8, 4) is 0 Å². The lowest BCUT2D eigenvalue weighted by molar-refractivity contribution is -0.118. The second-order valence-electron chi connectivity index (χ2n) is 5.70. The van der Waals surface area contributed by atoms with Crippen LogP contribution in [0.5, 0.6) is 0 Å². The molecule has 0 aromatic heterocycles. The van der Waals surface area contributed by atoms with Gasteiger partial charge in [0.05, 0.1) is 0 Å². The molecule has 0 heterocycles. The fourth-order valence-electron chi connectivity index (χ4n) is 2.47. The van der Waals surface area contributed by atoms with Gasteiger partial charge in [-0.05, 0) is 37.0 Å². The van der Waals surface area contributed by atoms with Crippen LogP contribution in [0.4, 0.5) is 0 Å². The molecule has 2 aromatic rings. The van der Waals surface area contributed by atoms with E-state index < -0.39 is 0 Å². The molecule has 21 heavy (non-hydrogen) atoms. The first-order valence-electron chi connectivity index (χ1n) is 7.44. The summed E-state index contributed by atoms with van der Waals surface area (Å²) < 4.78 is 0. The van der Waals surface area contributed by atoms with Gasteiger partial charge in [-0.1, -0.05) is 54.1 Å². The number of rotatable bonds is 6. The topological polar surface area (TPSA) is 43.1 Å². The third-order valence-electron chi connectivity index (χ3n) is 3.85. The fraction of sp³-hybridized carbons (Fsp3) is 0.316. The summed E-state index contributed by atoms with van der Waals surface area (Å²) in [5, 5.41) is 0. The summed E-state index contributed by atoms with van der Waals surface area (Å²) in [5.74, 6) is 0.259. The van der Waals surface area contributed by atoms with Gasteiger partial charge in [0.15, 0.2) is 0 Å². The summed E-state index contributed by atoms with van der Waals surface area (Å²) in [5.41, 5.74) is 10.7. The first kappa shape index (κ1) is 15.5. The van der Waals surface area contributed by atoms with E-state index in [0.29, 0.717) is 19.3 Å². The predicted molar refractivity (Wildman–Crippen MR) is 87.2 cm³/mol. The maximum atomic E-state index is 12.2. The minimum absolute atomic E-state index is 0.0613. The van der Waals surface area contributed by atoms with Crippen molar-refractivity contribution in [2.45, 2.75) is 39.2 Å². The zero-order valence-corrected chi connectivity index (χ0v) is 12.8. The maximum Gasteiger partial charge on any atom is 0.137 e. The average molecular weight is 281 g/mol. The number of aryl methyl sites for hydroxylation is 2. The molecule has 2 N–H and O–H groups in total. The van der Waals surface area contributed by atoms with Crippen molar-refractivity contribution in [2.24, 2.45) is 5.73 Å². The molecule has 110 valence electrons. The standard InChI is InChI=1S/C19H23NO/c1-14-8-9-15(2)17(12-14)13-18(21)10-11-19(20)16-6-4-3-5-7-16/h3-9,12,19H,10-11,13,20H2,1-2H3.